The molecule has 5 rings (SSSR count). The summed E-state index contributed by atoms with van der Waals surface area (Å²) in [6.45, 7) is 10.7. The molecule has 0 aliphatic carbocycles. The van der Waals surface area contributed by atoms with Gasteiger partial charge in [-0.05, 0) is 31.6 Å². The lowest BCUT2D eigenvalue weighted by molar-refractivity contribution is -0.136. The average Bonchev–Trinajstić information content (AvgIpc) is 3.51. The molecule has 3 saturated heterocycles. The minimum absolute atomic E-state index is 0.0157. The third-order valence-corrected chi connectivity index (χ3v) is 7.65. The van der Waals surface area contributed by atoms with Crippen molar-refractivity contribution in [1.82, 2.24) is 34.9 Å². The van der Waals surface area contributed by atoms with Crippen LogP contribution in [0, 0.1) is 12.3 Å². The van der Waals surface area contributed by atoms with Crippen LogP contribution in [0.5, 0.6) is 0 Å². The number of likely N-dealkylation sites (tertiary alicyclic amines) is 2. The van der Waals surface area contributed by atoms with Crippen LogP contribution in [-0.4, -0.2) is 99.2 Å². The molecule has 0 N–H and O–H groups in total. The third kappa shape index (κ3) is 5.12. The number of ether oxygens (including phenoxy) is 1. The summed E-state index contributed by atoms with van der Waals surface area (Å²) >= 11 is 0. The van der Waals surface area contributed by atoms with Crippen molar-refractivity contribution < 1.29 is 18.7 Å². The topological polar surface area (TPSA) is 118 Å². The van der Waals surface area contributed by atoms with Crippen molar-refractivity contribution in [1.29, 1.82) is 0 Å². The first kappa shape index (κ1) is 24.8. The summed E-state index contributed by atoms with van der Waals surface area (Å²) in [7, 11) is 0. The second-order valence-electron chi connectivity index (χ2n) is 10.6. The lowest BCUT2D eigenvalue weighted by atomic mass is 9.76. The van der Waals surface area contributed by atoms with Crippen molar-refractivity contribution in [3.05, 3.63) is 35.6 Å². The van der Waals surface area contributed by atoms with E-state index in [-0.39, 0.29) is 29.2 Å². The average molecular weight is 498 g/mol. The van der Waals surface area contributed by atoms with Crippen LogP contribution in [0.3, 0.4) is 0 Å². The minimum Gasteiger partial charge on any atom is -0.423 e. The van der Waals surface area contributed by atoms with Crippen LogP contribution in [0.4, 0.5) is 0 Å². The highest BCUT2D eigenvalue weighted by Crippen LogP contribution is 2.49. The van der Waals surface area contributed by atoms with Crippen LogP contribution in [0.15, 0.2) is 16.8 Å². The van der Waals surface area contributed by atoms with Gasteiger partial charge >= 0.3 is 0 Å². The van der Waals surface area contributed by atoms with Gasteiger partial charge < -0.3 is 19.0 Å². The van der Waals surface area contributed by atoms with Gasteiger partial charge in [-0.15, -0.1) is 10.2 Å². The molecule has 3 fully saturated rings. The first-order valence-electron chi connectivity index (χ1n) is 12.8. The fourth-order valence-electron chi connectivity index (χ4n) is 5.47. The maximum absolute atomic E-state index is 13.1. The number of rotatable bonds is 5. The van der Waals surface area contributed by atoms with E-state index in [4.69, 9.17) is 9.15 Å². The van der Waals surface area contributed by atoms with E-state index in [0.717, 1.165) is 31.5 Å². The predicted molar refractivity (Wildman–Crippen MR) is 129 cm³/mol. The van der Waals surface area contributed by atoms with Crippen LogP contribution in [0.2, 0.25) is 0 Å². The van der Waals surface area contributed by atoms with E-state index in [1.54, 1.807) is 12.4 Å². The molecular weight excluding hydrogens is 462 g/mol. The van der Waals surface area contributed by atoms with E-state index in [1.165, 1.54) is 0 Å². The molecule has 2 aromatic heterocycles. The number of carbonyl (C=O) groups excluding carboxylic acids is 2. The summed E-state index contributed by atoms with van der Waals surface area (Å²) < 4.78 is 11.5. The minimum atomic E-state index is -0.111. The summed E-state index contributed by atoms with van der Waals surface area (Å²) in [4.78, 5) is 40.5. The molecule has 11 nitrogen and oxygen atoms in total. The molecule has 1 spiro atoms. The Hall–Kier alpha value is -2.92. The molecule has 2 aromatic rings. The van der Waals surface area contributed by atoms with E-state index >= 15 is 0 Å². The number of aryl methyl sites for hydroxylation is 1. The Morgan fingerprint density at radius 3 is 2.44 bits per heavy atom. The number of morpholine rings is 1. The van der Waals surface area contributed by atoms with Crippen molar-refractivity contribution in [3.63, 3.8) is 0 Å². The zero-order chi connectivity index (χ0) is 25.3. The molecule has 1 unspecified atom stereocenters. The molecule has 11 heteroatoms. The van der Waals surface area contributed by atoms with E-state index in [1.807, 2.05) is 30.6 Å². The quantitative estimate of drug-likeness (QED) is 0.609. The van der Waals surface area contributed by atoms with Gasteiger partial charge in [-0.25, -0.2) is 4.98 Å². The summed E-state index contributed by atoms with van der Waals surface area (Å²) in [6.07, 6.45) is 5.70. The molecule has 36 heavy (non-hydrogen) atoms. The van der Waals surface area contributed by atoms with Gasteiger partial charge in [0.1, 0.15) is 5.69 Å². The standard InChI is InChI=1S/C25H35N7O4/c1-17(2)22-28-29-23(36-22)20-12-25(16-32(20)15-21(33)30-8-10-35-11-9-30)4-6-31(7-5-25)24(34)19-14-26-18(3)13-27-19/h13-14,17,20H,4-12,15-16H2,1-3H3. The van der Waals surface area contributed by atoms with Crippen molar-refractivity contribution in [2.24, 2.45) is 5.41 Å². The van der Waals surface area contributed by atoms with E-state index < -0.39 is 0 Å². The van der Waals surface area contributed by atoms with Gasteiger partial charge in [0.2, 0.25) is 17.7 Å². The van der Waals surface area contributed by atoms with E-state index in [0.29, 0.717) is 63.4 Å². The maximum Gasteiger partial charge on any atom is 0.274 e. The number of nitrogens with zero attached hydrogens (tertiary/aromatic N) is 7. The number of aromatic nitrogens is 4. The van der Waals surface area contributed by atoms with Gasteiger partial charge in [-0.1, -0.05) is 13.8 Å². The fraction of sp³-hybridized carbons (Fsp3) is 0.680. The molecule has 194 valence electrons. The Kier molecular flexibility index (Phi) is 7.03. The monoisotopic (exact) mass is 497 g/mol. The van der Waals surface area contributed by atoms with Gasteiger partial charge in [0.05, 0.1) is 37.7 Å². The molecule has 0 saturated carbocycles. The SMILES string of the molecule is Cc1cnc(C(=O)N2CCC3(CC2)CC(c2nnc(C(C)C)o2)N(CC(=O)N2CCOCC2)C3)cn1. The summed E-state index contributed by atoms with van der Waals surface area (Å²) in [5.41, 5.74) is 1.15. The van der Waals surface area contributed by atoms with Crippen molar-refractivity contribution in [2.45, 2.75) is 52.0 Å². The number of hydrogen-bond acceptors (Lipinski definition) is 9. The van der Waals surface area contributed by atoms with Gasteiger partial charge in [0.15, 0.2) is 0 Å². The number of piperidine rings is 1. The Morgan fingerprint density at radius 1 is 1.06 bits per heavy atom. The Bertz CT molecular complexity index is 1070. The normalized spacial score (nSPS) is 22.5. The lowest BCUT2D eigenvalue weighted by Gasteiger charge is -2.39. The Morgan fingerprint density at radius 2 is 1.81 bits per heavy atom. The van der Waals surface area contributed by atoms with Crippen molar-refractivity contribution in [2.75, 3.05) is 52.5 Å². The van der Waals surface area contributed by atoms with Crippen molar-refractivity contribution >= 4 is 11.8 Å². The van der Waals surface area contributed by atoms with Crippen LogP contribution in [-0.2, 0) is 9.53 Å². The Labute approximate surface area is 211 Å². The number of carbonyl (C=O) groups is 2. The molecule has 0 radical (unpaired) electrons. The van der Waals surface area contributed by atoms with E-state index in [2.05, 4.69) is 25.1 Å². The largest absolute Gasteiger partial charge is 0.423 e. The summed E-state index contributed by atoms with van der Waals surface area (Å²) in [6, 6.07) is -0.111. The molecule has 5 heterocycles. The highest BCUT2D eigenvalue weighted by molar-refractivity contribution is 5.92. The highest BCUT2D eigenvalue weighted by atomic mass is 16.5. The van der Waals surface area contributed by atoms with E-state index in [9.17, 15) is 9.59 Å². The zero-order valence-corrected chi connectivity index (χ0v) is 21.4. The first-order chi connectivity index (χ1) is 17.3. The zero-order valence-electron chi connectivity index (χ0n) is 21.4. The van der Waals surface area contributed by atoms with Gasteiger partial charge in [-0.3, -0.25) is 19.5 Å². The third-order valence-electron chi connectivity index (χ3n) is 7.65. The molecule has 0 aromatic carbocycles. The molecule has 3 aliphatic rings. The predicted octanol–water partition coefficient (Wildman–Crippen LogP) is 1.82. The van der Waals surface area contributed by atoms with Gasteiger partial charge in [0, 0.05) is 44.8 Å². The maximum atomic E-state index is 13.1. The lowest BCUT2D eigenvalue weighted by Crippen LogP contribution is -2.47. The Balaban J connectivity index is 1.30. The number of hydrogen-bond donors (Lipinski definition) is 0. The molecular formula is C25H35N7O4. The van der Waals surface area contributed by atoms with Gasteiger partial charge in [0.25, 0.3) is 5.91 Å². The van der Waals surface area contributed by atoms with Crippen LogP contribution >= 0.6 is 0 Å². The molecule has 2 amide bonds. The fourth-order valence-corrected chi connectivity index (χ4v) is 5.47. The second-order valence-corrected chi connectivity index (χ2v) is 10.6. The smallest absolute Gasteiger partial charge is 0.274 e. The number of amides is 2. The van der Waals surface area contributed by atoms with Crippen LogP contribution in [0.1, 0.15) is 73.0 Å². The van der Waals surface area contributed by atoms with Crippen LogP contribution in [0.25, 0.3) is 0 Å². The summed E-state index contributed by atoms with van der Waals surface area (Å²) in [5.74, 6) is 1.37. The highest BCUT2D eigenvalue weighted by Gasteiger charge is 2.49. The molecule has 0 bridgehead atoms. The first-order valence-corrected chi connectivity index (χ1v) is 12.8. The van der Waals surface area contributed by atoms with Crippen LogP contribution < -0.4 is 0 Å². The van der Waals surface area contributed by atoms with Gasteiger partial charge in [-0.2, -0.15) is 0 Å². The molecule has 1 atom stereocenters. The molecule has 3 aliphatic heterocycles. The second kappa shape index (κ2) is 10.2. The summed E-state index contributed by atoms with van der Waals surface area (Å²) in [5, 5.41) is 8.63. The van der Waals surface area contributed by atoms with Crippen molar-refractivity contribution in [3.8, 4) is 0 Å².